The smallest absolute Gasteiger partial charge is 0.258 e. The maximum Gasteiger partial charge on any atom is 0.258 e. The summed E-state index contributed by atoms with van der Waals surface area (Å²) >= 11 is 0. The summed E-state index contributed by atoms with van der Waals surface area (Å²) in [6.07, 6.45) is 22.1. The van der Waals surface area contributed by atoms with Crippen LogP contribution in [-0.4, -0.2) is 23.9 Å². The van der Waals surface area contributed by atoms with Crippen LogP contribution in [0.15, 0.2) is 132 Å². The Balaban J connectivity index is 1.75. The number of benzene rings is 2. The van der Waals surface area contributed by atoms with Gasteiger partial charge >= 0.3 is 0 Å². The molecule has 0 spiro atoms. The highest BCUT2D eigenvalue weighted by atomic mass is 16.2. The molecule has 0 bridgehead atoms. The minimum atomic E-state index is -0.216. The predicted octanol–water partition coefficient (Wildman–Crippen LogP) is 8.46. The number of hydrogen-bond acceptors (Lipinski definition) is 2. The number of aryl methyl sites for hydroxylation is 2. The molecule has 1 atom stereocenters. The quantitative estimate of drug-likeness (QED) is 0.339. The molecule has 2 aliphatic carbocycles. The minimum Gasteiger partial charge on any atom is -0.344 e. The first-order valence-corrected chi connectivity index (χ1v) is 13.1. The lowest BCUT2D eigenvalue weighted by Gasteiger charge is -2.34. The Labute approximate surface area is 227 Å². The Kier molecular flexibility index (Phi) is 8.63. The van der Waals surface area contributed by atoms with Crippen molar-refractivity contribution in [2.24, 2.45) is 0 Å². The molecule has 0 heterocycles. The van der Waals surface area contributed by atoms with Crippen LogP contribution in [0.5, 0.6) is 0 Å². The van der Waals surface area contributed by atoms with Crippen LogP contribution in [-0.2, 0) is 0 Å². The highest BCUT2D eigenvalue weighted by molar-refractivity contribution is 5.98. The third-order valence-electron chi connectivity index (χ3n) is 7.00. The summed E-state index contributed by atoms with van der Waals surface area (Å²) in [5.74, 6) is -0.0492. The Morgan fingerprint density at radius 3 is 2.63 bits per heavy atom. The molecule has 2 aromatic rings. The molecule has 2 aliphatic rings. The number of amides is 1. The van der Waals surface area contributed by atoms with E-state index in [1.807, 2.05) is 74.4 Å². The average Bonchev–Trinajstić information content (AvgIpc) is 3.34. The van der Waals surface area contributed by atoms with Gasteiger partial charge in [-0.3, -0.25) is 4.79 Å². The number of allylic oxidation sites excluding steroid dienone is 9. The van der Waals surface area contributed by atoms with Crippen LogP contribution in [0.3, 0.4) is 0 Å². The van der Waals surface area contributed by atoms with Gasteiger partial charge in [-0.2, -0.15) is 0 Å². The number of nitrogens with zero attached hydrogens (tertiary/aromatic N) is 2. The first kappa shape index (κ1) is 26.7. The maximum absolute atomic E-state index is 14.4. The zero-order valence-electron chi connectivity index (χ0n) is 22.8. The fourth-order valence-corrected chi connectivity index (χ4v) is 4.89. The monoisotopic (exact) mass is 500 g/mol. The largest absolute Gasteiger partial charge is 0.344 e. The van der Waals surface area contributed by atoms with Crippen LogP contribution >= 0.6 is 0 Å². The summed E-state index contributed by atoms with van der Waals surface area (Å²) in [7, 11) is 2.04. The third kappa shape index (κ3) is 6.14. The highest BCUT2D eigenvalue weighted by Gasteiger charge is 2.29. The molecule has 0 N–H and O–H groups in total. The van der Waals surface area contributed by atoms with Crippen molar-refractivity contribution in [2.45, 2.75) is 39.7 Å². The number of para-hydroxylation sites is 1. The van der Waals surface area contributed by atoms with Crippen molar-refractivity contribution >= 4 is 17.3 Å². The molecule has 3 heteroatoms. The third-order valence-corrected chi connectivity index (χ3v) is 7.00. The molecular formula is C35H36N2O. The van der Waals surface area contributed by atoms with Gasteiger partial charge in [0.1, 0.15) is 0 Å². The van der Waals surface area contributed by atoms with E-state index < -0.39 is 0 Å². The maximum atomic E-state index is 14.4. The van der Waals surface area contributed by atoms with Gasteiger partial charge in [0, 0.05) is 29.7 Å². The van der Waals surface area contributed by atoms with Crippen molar-refractivity contribution < 1.29 is 4.79 Å². The summed E-state index contributed by atoms with van der Waals surface area (Å²) in [5, 5.41) is 0. The Hall–Kier alpha value is -4.33. The first-order valence-electron chi connectivity index (χ1n) is 13.1. The molecular weight excluding hydrogens is 464 g/mol. The lowest BCUT2D eigenvalue weighted by molar-refractivity contribution is 0.0769. The number of hydrogen-bond donors (Lipinski definition) is 0. The number of anilines is 2. The van der Waals surface area contributed by atoms with Gasteiger partial charge in [-0.05, 0) is 92.3 Å². The van der Waals surface area contributed by atoms with E-state index in [0.717, 1.165) is 28.9 Å². The lowest BCUT2D eigenvalue weighted by atomic mass is 9.94. The summed E-state index contributed by atoms with van der Waals surface area (Å²) in [5.41, 5.74) is 11.0. The Morgan fingerprint density at radius 2 is 1.84 bits per heavy atom. The van der Waals surface area contributed by atoms with E-state index in [1.165, 1.54) is 11.1 Å². The van der Waals surface area contributed by atoms with Gasteiger partial charge in [-0.1, -0.05) is 73.4 Å². The van der Waals surface area contributed by atoms with Gasteiger partial charge in [0.25, 0.3) is 5.91 Å². The van der Waals surface area contributed by atoms with Crippen molar-refractivity contribution in [3.05, 3.63) is 149 Å². The molecule has 0 aromatic heterocycles. The standard InChI is InChI=1S/C35H36N2O/c1-26(2)37(34(30-19-12-8-9-13-20-30)24-29-17-10-6-7-11-18-29)35(38)32-25-31(23-22-27(32)3)36(5)33-21-15-14-16-28(33)4/h6-8,10,12-23,25,34H,1,11,24H2,2-5H3. The molecule has 0 fully saturated rings. The van der Waals surface area contributed by atoms with Crippen LogP contribution < -0.4 is 4.90 Å². The predicted molar refractivity (Wildman–Crippen MR) is 161 cm³/mol. The van der Waals surface area contributed by atoms with Crippen molar-refractivity contribution in [1.29, 1.82) is 0 Å². The van der Waals surface area contributed by atoms with Crippen LogP contribution in [0.2, 0.25) is 0 Å². The summed E-state index contributed by atoms with van der Waals surface area (Å²) < 4.78 is 0. The van der Waals surface area contributed by atoms with E-state index in [-0.39, 0.29) is 11.9 Å². The number of rotatable bonds is 8. The van der Waals surface area contributed by atoms with Gasteiger partial charge in [0.2, 0.25) is 0 Å². The van der Waals surface area contributed by atoms with Gasteiger partial charge in [0.05, 0.1) is 6.04 Å². The molecule has 3 nitrogen and oxygen atoms in total. The van der Waals surface area contributed by atoms with E-state index in [4.69, 9.17) is 0 Å². The van der Waals surface area contributed by atoms with Gasteiger partial charge < -0.3 is 9.80 Å². The minimum absolute atomic E-state index is 0.0492. The van der Waals surface area contributed by atoms with E-state index in [9.17, 15) is 4.79 Å². The van der Waals surface area contributed by atoms with Gasteiger partial charge in [0.15, 0.2) is 0 Å². The molecule has 0 aliphatic heterocycles. The fourth-order valence-electron chi connectivity index (χ4n) is 4.89. The van der Waals surface area contributed by atoms with Crippen LogP contribution in [0.25, 0.3) is 0 Å². The molecule has 2 aromatic carbocycles. The molecule has 0 radical (unpaired) electrons. The molecule has 38 heavy (non-hydrogen) atoms. The normalized spacial score (nSPS) is 14.8. The zero-order chi connectivity index (χ0) is 27.1. The Morgan fingerprint density at radius 1 is 1.03 bits per heavy atom. The highest BCUT2D eigenvalue weighted by Crippen LogP contribution is 2.32. The van der Waals surface area contributed by atoms with E-state index in [2.05, 4.69) is 78.8 Å². The SMILES string of the molecule is C=C(C)N(C(=O)c1cc(N(C)c2ccccc2C)ccc1C)C(CC1=CCC=CC=C1)C1=CC=C=CC=C1. The second kappa shape index (κ2) is 12.3. The average molecular weight is 501 g/mol. The second-order valence-corrected chi connectivity index (χ2v) is 9.80. The number of carbonyl (C=O) groups excluding carboxylic acids is 1. The summed E-state index contributed by atoms with van der Waals surface area (Å²) in [6, 6.07) is 14.2. The summed E-state index contributed by atoms with van der Waals surface area (Å²) in [6.45, 7) is 10.3. The van der Waals surface area contributed by atoms with Crippen molar-refractivity contribution in [3.63, 3.8) is 0 Å². The van der Waals surface area contributed by atoms with E-state index in [0.29, 0.717) is 17.7 Å². The second-order valence-electron chi connectivity index (χ2n) is 9.80. The van der Waals surface area contributed by atoms with Gasteiger partial charge in [-0.15, -0.1) is 5.73 Å². The van der Waals surface area contributed by atoms with Crippen molar-refractivity contribution in [3.8, 4) is 0 Å². The van der Waals surface area contributed by atoms with E-state index in [1.54, 1.807) is 0 Å². The molecule has 0 saturated heterocycles. The molecule has 0 saturated carbocycles. The first-order chi connectivity index (χ1) is 18.4. The summed E-state index contributed by atoms with van der Waals surface area (Å²) in [4.78, 5) is 18.4. The Bertz CT molecular complexity index is 1440. The van der Waals surface area contributed by atoms with Crippen LogP contribution in [0.1, 0.15) is 41.3 Å². The van der Waals surface area contributed by atoms with Gasteiger partial charge in [-0.25, -0.2) is 0 Å². The fraction of sp³-hybridized carbons (Fsp3) is 0.200. The van der Waals surface area contributed by atoms with Crippen molar-refractivity contribution in [2.75, 3.05) is 11.9 Å². The number of carbonyl (C=O) groups is 1. The topological polar surface area (TPSA) is 23.6 Å². The van der Waals surface area contributed by atoms with E-state index >= 15 is 0 Å². The molecule has 1 unspecified atom stereocenters. The molecule has 192 valence electrons. The van der Waals surface area contributed by atoms with Crippen LogP contribution in [0, 0.1) is 13.8 Å². The molecule has 1 amide bonds. The van der Waals surface area contributed by atoms with Crippen molar-refractivity contribution in [1.82, 2.24) is 4.90 Å². The zero-order valence-corrected chi connectivity index (χ0v) is 22.8. The lowest BCUT2D eigenvalue weighted by Crippen LogP contribution is -2.40. The van der Waals surface area contributed by atoms with Crippen LogP contribution in [0.4, 0.5) is 11.4 Å². The molecule has 4 rings (SSSR count).